The van der Waals surface area contributed by atoms with E-state index in [1.54, 1.807) is 0 Å². The maximum Gasteiger partial charge on any atom is 0.126 e. The molecule has 0 fully saturated rings. The van der Waals surface area contributed by atoms with Gasteiger partial charge < -0.3 is 0 Å². The SMILES string of the molecule is ClC(Cl)C=C1c2ccccc2-c2ccccc21. The fourth-order valence-electron chi connectivity index (χ4n) is 2.36. The Bertz CT molecular complexity index is 550. The minimum atomic E-state index is -0.482. The minimum absolute atomic E-state index is 0.482. The van der Waals surface area contributed by atoms with Crippen LogP contribution in [-0.2, 0) is 0 Å². The summed E-state index contributed by atoms with van der Waals surface area (Å²) < 4.78 is 0. The summed E-state index contributed by atoms with van der Waals surface area (Å²) in [4.78, 5) is -0.482. The largest absolute Gasteiger partial charge is 0.126 e. The normalized spacial score (nSPS) is 12.5. The van der Waals surface area contributed by atoms with Gasteiger partial charge in [-0.05, 0) is 33.9 Å². The zero-order valence-electron chi connectivity index (χ0n) is 9.03. The third-order valence-electron chi connectivity index (χ3n) is 3.02. The smallest absolute Gasteiger partial charge is 0.101 e. The molecule has 2 heteroatoms. The van der Waals surface area contributed by atoms with Gasteiger partial charge in [-0.1, -0.05) is 48.5 Å². The zero-order chi connectivity index (χ0) is 11.8. The van der Waals surface area contributed by atoms with Crippen LogP contribution in [0.15, 0.2) is 54.6 Å². The number of benzene rings is 2. The molecule has 0 bridgehead atoms. The van der Waals surface area contributed by atoms with Gasteiger partial charge in [-0.2, -0.15) is 0 Å². The molecule has 0 unspecified atom stereocenters. The molecular formula is C15H10Cl2. The zero-order valence-corrected chi connectivity index (χ0v) is 10.5. The highest BCUT2D eigenvalue weighted by Gasteiger charge is 2.22. The predicted molar refractivity (Wildman–Crippen MR) is 74.5 cm³/mol. The molecule has 0 aliphatic heterocycles. The number of rotatable bonds is 1. The fraction of sp³-hybridized carbons (Fsp3) is 0.0667. The Morgan fingerprint density at radius 2 is 1.12 bits per heavy atom. The number of hydrogen-bond acceptors (Lipinski definition) is 0. The Kier molecular flexibility index (Phi) is 2.70. The van der Waals surface area contributed by atoms with Gasteiger partial charge >= 0.3 is 0 Å². The molecule has 0 spiro atoms. The number of fused-ring (bicyclic) bond motifs is 3. The van der Waals surface area contributed by atoms with Crippen LogP contribution in [0.4, 0.5) is 0 Å². The standard InChI is InChI=1S/C15H10Cl2/c16-15(17)9-14-12-7-3-1-5-10(12)11-6-2-4-8-13(11)14/h1-9,15H. The van der Waals surface area contributed by atoms with E-state index >= 15 is 0 Å². The average Bonchev–Trinajstić information content (AvgIpc) is 2.65. The van der Waals surface area contributed by atoms with Crippen molar-refractivity contribution in [3.63, 3.8) is 0 Å². The van der Waals surface area contributed by atoms with E-state index in [9.17, 15) is 0 Å². The van der Waals surface area contributed by atoms with E-state index in [4.69, 9.17) is 23.2 Å². The van der Waals surface area contributed by atoms with Crippen LogP contribution in [0.3, 0.4) is 0 Å². The molecule has 0 saturated carbocycles. The lowest BCUT2D eigenvalue weighted by Crippen LogP contribution is -1.85. The molecule has 1 aliphatic carbocycles. The van der Waals surface area contributed by atoms with E-state index in [0.717, 1.165) is 5.57 Å². The number of alkyl halides is 2. The first-order valence-electron chi connectivity index (χ1n) is 5.46. The van der Waals surface area contributed by atoms with Gasteiger partial charge in [0.1, 0.15) is 4.84 Å². The van der Waals surface area contributed by atoms with Crippen LogP contribution < -0.4 is 0 Å². The van der Waals surface area contributed by atoms with E-state index in [1.807, 2.05) is 18.2 Å². The second-order valence-corrected chi connectivity index (χ2v) is 5.17. The van der Waals surface area contributed by atoms with Gasteiger partial charge in [-0.3, -0.25) is 0 Å². The molecule has 0 N–H and O–H groups in total. The van der Waals surface area contributed by atoms with E-state index in [-0.39, 0.29) is 0 Å². The monoisotopic (exact) mass is 260 g/mol. The molecule has 0 atom stereocenters. The average molecular weight is 261 g/mol. The second kappa shape index (κ2) is 4.21. The molecule has 0 aromatic heterocycles. The third kappa shape index (κ3) is 1.78. The van der Waals surface area contributed by atoms with Crippen molar-refractivity contribution in [1.82, 2.24) is 0 Å². The first-order valence-corrected chi connectivity index (χ1v) is 6.34. The summed E-state index contributed by atoms with van der Waals surface area (Å²) in [5.74, 6) is 0. The highest BCUT2D eigenvalue weighted by atomic mass is 35.5. The molecule has 3 rings (SSSR count). The number of allylic oxidation sites excluding steroid dienone is 1. The molecule has 0 nitrogen and oxygen atoms in total. The van der Waals surface area contributed by atoms with Crippen LogP contribution in [-0.4, -0.2) is 4.84 Å². The van der Waals surface area contributed by atoms with Crippen LogP contribution in [0, 0.1) is 0 Å². The minimum Gasteiger partial charge on any atom is -0.101 e. The summed E-state index contributed by atoms with van der Waals surface area (Å²) in [6.07, 6.45) is 1.90. The molecule has 0 radical (unpaired) electrons. The molecule has 2 aromatic rings. The van der Waals surface area contributed by atoms with Crippen LogP contribution in [0.25, 0.3) is 16.7 Å². The van der Waals surface area contributed by atoms with Gasteiger partial charge in [0, 0.05) is 0 Å². The van der Waals surface area contributed by atoms with Crippen LogP contribution in [0.1, 0.15) is 11.1 Å². The lowest BCUT2D eigenvalue weighted by atomic mass is 10.0. The lowest BCUT2D eigenvalue weighted by Gasteiger charge is -2.02. The first kappa shape index (κ1) is 10.9. The molecule has 17 heavy (non-hydrogen) atoms. The van der Waals surface area contributed by atoms with Crippen molar-refractivity contribution < 1.29 is 0 Å². The van der Waals surface area contributed by atoms with E-state index < -0.39 is 4.84 Å². The van der Waals surface area contributed by atoms with Crippen molar-refractivity contribution in [3.8, 4) is 11.1 Å². The van der Waals surface area contributed by atoms with Gasteiger partial charge in [0.25, 0.3) is 0 Å². The topological polar surface area (TPSA) is 0 Å². The predicted octanol–water partition coefficient (Wildman–Crippen LogP) is 4.90. The van der Waals surface area contributed by atoms with Crippen molar-refractivity contribution in [2.45, 2.75) is 4.84 Å². The second-order valence-electron chi connectivity index (χ2n) is 4.01. The quantitative estimate of drug-likeness (QED) is 0.546. The van der Waals surface area contributed by atoms with E-state index in [2.05, 4.69) is 36.4 Å². The maximum absolute atomic E-state index is 5.88. The molecule has 1 aliphatic rings. The third-order valence-corrected chi connectivity index (χ3v) is 3.27. The van der Waals surface area contributed by atoms with Crippen molar-refractivity contribution in [2.75, 3.05) is 0 Å². The van der Waals surface area contributed by atoms with Crippen molar-refractivity contribution in [2.24, 2.45) is 0 Å². The summed E-state index contributed by atoms with van der Waals surface area (Å²) in [7, 11) is 0. The van der Waals surface area contributed by atoms with E-state index in [0.29, 0.717) is 0 Å². The molecule has 2 aromatic carbocycles. The van der Waals surface area contributed by atoms with Gasteiger partial charge in [-0.25, -0.2) is 0 Å². The molecule has 0 saturated heterocycles. The Morgan fingerprint density at radius 3 is 1.53 bits per heavy atom. The number of halogens is 2. The maximum atomic E-state index is 5.88. The van der Waals surface area contributed by atoms with Gasteiger partial charge in [0.15, 0.2) is 0 Å². The Labute approximate surface area is 110 Å². The van der Waals surface area contributed by atoms with Crippen molar-refractivity contribution >= 4 is 28.8 Å². The van der Waals surface area contributed by atoms with Crippen LogP contribution in [0.2, 0.25) is 0 Å². The molecular weight excluding hydrogens is 251 g/mol. The summed E-state index contributed by atoms with van der Waals surface area (Å²) >= 11 is 11.8. The van der Waals surface area contributed by atoms with Crippen LogP contribution in [0.5, 0.6) is 0 Å². The highest BCUT2D eigenvalue weighted by molar-refractivity contribution is 6.46. The summed E-state index contributed by atoms with van der Waals surface area (Å²) in [5, 5.41) is 0. The van der Waals surface area contributed by atoms with E-state index in [1.165, 1.54) is 22.3 Å². The fourth-order valence-corrected chi connectivity index (χ4v) is 2.61. The summed E-state index contributed by atoms with van der Waals surface area (Å²) in [6, 6.07) is 16.7. The molecule has 0 amide bonds. The molecule has 0 heterocycles. The molecule has 84 valence electrons. The van der Waals surface area contributed by atoms with Gasteiger partial charge in [0.05, 0.1) is 0 Å². The lowest BCUT2D eigenvalue weighted by molar-refractivity contribution is 1.57. The Morgan fingerprint density at radius 1 is 0.706 bits per heavy atom. The first-order chi connectivity index (χ1) is 8.27. The Hall–Kier alpha value is -1.24. The van der Waals surface area contributed by atoms with Crippen LogP contribution >= 0.6 is 23.2 Å². The highest BCUT2D eigenvalue weighted by Crippen LogP contribution is 2.44. The van der Waals surface area contributed by atoms with Crippen molar-refractivity contribution in [1.29, 1.82) is 0 Å². The number of hydrogen-bond donors (Lipinski definition) is 0. The van der Waals surface area contributed by atoms with Crippen molar-refractivity contribution in [3.05, 3.63) is 65.7 Å². The van der Waals surface area contributed by atoms with Gasteiger partial charge in [0.2, 0.25) is 0 Å². The summed E-state index contributed by atoms with van der Waals surface area (Å²) in [5.41, 5.74) is 6.05. The Balaban J connectivity index is 2.31. The summed E-state index contributed by atoms with van der Waals surface area (Å²) in [6.45, 7) is 0. The van der Waals surface area contributed by atoms with Gasteiger partial charge in [-0.15, -0.1) is 23.2 Å².